The minimum absolute atomic E-state index is 0.0260. The summed E-state index contributed by atoms with van der Waals surface area (Å²) < 4.78 is 7.40. The lowest BCUT2D eigenvalue weighted by molar-refractivity contribution is 0.319. The molecule has 0 saturated carbocycles. The van der Waals surface area contributed by atoms with Gasteiger partial charge < -0.3 is 9.30 Å². The molecular weight excluding hydrogens is 126 g/mol. The Hall–Kier alpha value is -0.760. The van der Waals surface area contributed by atoms with Gasteiger partial charge in [-0.3, -0.25) is 0 Å². The molecule has 2 nitrogen and oxygen atoms in total. The third kappa shape index (κ3) is 0.688. The van der Waals surface area contributed by atoms with Crippen molar-refractivity contribution in [3.8, 4) is 0 Å². The topological polar surface area (TPSA) is 17.5 Å². The van der Waals surface area contributed by atoms with Gasteiger partial charge in [0.05, 0.1) is 12.3 Å². The van der Waals surface area contributed by atoms with Crippen molar-refractivity contribution in [2.24, 2.45) is 7.05 Å². The molecule has 0 bridgehead atoms. The van der Waals surface area contributed by atoms with Gasteiger partial charge in [0.15, 0.2) is 0 Å². The van der Waals surface area contributed by atoms with Gasteiger partial charge >= 0.3 is 0 Å². The van der Waals surface area contributed by atoms with Gasteiger partial charge in [-0.15, -0.1) is 0 Å². The lowest BCUT2D eigenvalue weighted by Crippen LogP contribution is -2.07. The molecular formula is C8H11NO. The molecule has 1 atom stereocenters. The Morgan fingerprint density at radius 3 is 2.80 bits per heavy atom. The molecule has 0 aliphatic carbocycles. The van der Waals surface area contributed by atoms with Crippen molar-refractivity contribution in [1.82, 2.24) is 4.57 Å². The Morgan fingerprint density at radius 1 is 1.70 bits per heavy atom. The van der Waals surface area contributed by atoms with Gasteiger partial charge in [0, 0.05) is 13.2 Å². The Bertz CT molecular complexity index is 248. The van der Waals surface area contributed by atoms with Gasteiger partial charge in [-0.2, -0.15) is 0 Å². The Kier molecular flexibility index (Phi) is 0.980. The van der Waals surface area contributed by atoms with E-state index in [0.29, 0.717) is 0 Å². The summed E-state index contributed by atoms with van der Waals surface area (Å²) in [6.45, 7) is 2.98. The van der Waals surface area contributed by atoms with Crippen molar-refractivity contribution in [2.75, 3.05) is 6.61 Å². The lowest BCUT2D eigenvalue weighted by atomic mass is 10.1. The maximum atomic E-state index is 5.30. The van der Waals surface area contributed by atoms with Crippen LogP contribution in [-0.4, -0.2) is 11.2 Å². The standard InChI is InChI=1S/C8H11NO/c1-8(6-10-8)7-4-3-5-9(7)2/h3-5H,6H2,1-2H3. The highest BCUT2D eigenvalue weighted by Crippen LogP contribution is 2.37. The summed E-state index contributed by atoms with van der Waals surface area (Å²) in [6.07, 6.45) is 2.04. The Labute approximate surface area is 60.4 Å². The average molecular weight is 137 g/mol. The van der Waals surface area contributed by atoms with Crippen molar-refractivity contribution in [2.45, 2.75) is 12.5 Å². The summed E-state index contributed by atoms with van der Waals surface area (Å²) in [5, 5.41) is 0. The highest BCUT2D eigenvalue weighted by molar-refractivity contribution is 5.19. The van der Waals surface area contributed by atoms with Crippen LogP contribution in [0, 0.1) is 0 Å². The normalized spacial score (nSPS) is 30.6. The summed E-state index contributed by atoms with van der Waals surface area (Å²) in [5.74, 6) is 0. The van der Waals surface area contributed by atoms with E-state index in [4.69, 9.17) is 4.74 Å². The van der Waals surface area contributed by atoms with Crippen LogP contribution in [0.3, 0.4) is 0 Å². The fourth-order valence-electron chi connectivity index (χ4n) is 1.27. The molecule has 0 N–H and O–H groups in total. The van der Waals surface area contributed by atoms with Crippen molar-refractivity contribution in [1.29, 1.82) is 0 Å². The summed E-state index contributed by atoms with van der Waals surface area (Å²) >= 11 is 0. The minimum Gasteiger partial charge on any atom is -0.363 e. The van der Waals surface area contributed by atoms with Crippen LogP contribution in [0.1, 0.15) is 12.6 Å². The number of epoxide rings is 1. The van der Waals surface area contributed by atoms with Gasteiger partial charge in [0.1, 0.15) is 5.60 Å². The first-order chi connectivity index (χ1) is 4.72. The van der Waals surface area contributed by atoms with Crippen molar-refractivity contribution in [3.05, 3.63) is 24.0 Å². The molecule has 1 fully saturated rings. The van der Waals surface area contributed by atoms with Gasteiger partial charge in [-0.05, 0) is 19.1 Å². The molecule has 0 spiro atoms. The fourth-order valence-corrected chi connectivity index (χ4v) is 1.27. The monoisotopic (exact) mass is 137 g/mol. The van der Waals surface area contributed by atoms with Crippen LogP contribution in [0.2, 0.25) is 0 Å². The van der Waals surface area contributed by atoms with Crippen LogP contribution in [-0.2, 0) is 17.4 Å². The maximum absolute atomic E-state index is 5.30. The van der Waals surface area contributed by atoms with E-state index in [1.807, 2.05) is 19.3 Å². The second-order valence-corrected chi connectivity index (χ2v) is 3.02. The largest absolute Gasteiger partial charge is 0.363 e. The number of rotatable bonds is 1. The van der Waals surface area contributed by atoms with Crippen LogP contribution in [0.15, 0.2) is 18.3 Å². The Balaban J connectivity index is 2.42. The number of aryl methyl sites for hydroxylation is 1. The quantitative estimate of drug-likeness (QED) is 0.533. The number of hydrogen-bond donors (Lipinski definition) is 0. The molecule has 1 aromatic heterocycles. The van der Waals surface area contributed by atoms with Crippen LogP contribution < -0.4 is 0 Å². The third-order valence-electron chi connectivity index (χ3n) is 2.06. The van der Waals surface area contributed by atoms with E-state index in [0.717, 1.165) is 6.61 Å². The number of nitrogens with zero attached hydrogens (tertiary/aromatic N) is 1. The SMILES string of the molecule is Cn1cccc1C1(C)CO1. The number of ether oxygens (including phenoxy) is 1. The third-order valence-corrected chi connectivity index (χ3v) is 2.06. The molecule has 1 aliphatic rings. The molecule has 0 amide bonds. The molecule has 10 heavy (non-hydrogen) atoms. The van der Waals surface area contributed by atoms with Gasteiger partial charge in [-0.1, -0.05) is 0 Å². The van der Waals surface area contributed by atoms with Gasteiger partial charge in [0.25, 0.3) is 0 Å². The van der Waals surface area contributed by atoms with Crippen LogP contribution in [0.4, 0.5) is 0 Å². The highest BCUT2D eigenvalue weighted by atomic mass is 16.6. The van der Waals surface area contributed by atoms with E-state index in [1.165, 1.54) is 5.69 Å². The first-order valence-corrected chi connectivity index (χ1v) is 3.48. The molecule has 1 aliphatic heterocycles. The lowest BCUT2D eigenvalue weighted by Gasteiger charge is -2.05. The predicted octanol–water partition coefficient (Wildman–Crippen LogP) is 1.27. The Morgan fingerprint density at radius 2 is 2.40 bits per heavy atom. The van der Waals surface area contributed by atoms with Crippen molar-refractivity contribution < 1.29 is 4.74 Å². The van der Waals surface area contributed by atoms with E-state index >= 15 is 0 Å². The molecule has 1 unspecified atom stereocenters. The van der Waals surface area contributed by atoms with Crippen molar-refractivity contribution >= 4 is 0 Å². The van der Waals surface area contributed by atoms with E-state index in [9.17, 15) is 0 Å². The molecule has 2 rings (SSSR count). The molecule has 1 saturated heterocycles. The molecule has 2 heterocycles. The average Bonchev–Trinajstić information content (AvgIpc) is 2.44. The zero-order chi connectivity index (χ0) is 7.19. The van der Waals surface area contributed by atoms with Gasteiger partial charge in [-0.25, -0.2) is 0 Å². The number of aromatic nitrogens is 1. The zero-order valence-corrected chi connectivity index (χ0v) is 6.29. The molecule has 2 heteroatoms. The summed E-state index contributed by atoms with van der Waals surface area (Å²) in [6, 6.07) is 4.15. The van der Waals surface area contributed by atoms with E-state index in [1.54, 1.807) is 0 Å². The molecule has 54 valence electrons. The number of hydrogen-bond acceptors (Lipinski definition) is 1. The van der Waals surface area contributed by atoms with E-state index in [2.05, 4.69) is 17.6 Å². The molecule has 0 radical (unpaired) electrons. The van der Waals surface area contributed by atoms with Crippen molar-refractivity contribution in [3.63, 3.8) is 0 Å². The van der Waals surface area contributed by atoms with Crippen LogP contribution in [0.5, 0.6) is 0 Å². The summed E-state index contributed by atoms with van der Waals surface area (Å²) in [5.41, 5.74) is 1.30. The first kappa shape index (κ1) is 5.98. The summed E-state index contributed by atoms with van der Waals surface area (Å²) in [7, 11) is 2.04. The summed E-state index contributed by atoms with van der Waals surface area (Å²) in [4.78, 5) is 0. The van der Waals surface area contributed by atoms with E-state index < -0.39 is 0 Å². The second-order valence-electron chi connectivity index (χ2n) is 3.02. The second kappa shape index (κ2) is 1.64. The zero-order valence-electron chi connectivity index (χ0n) is 6.29. The molecule has 0 aromatic carbocycles. The van der Waals surface area contributed by atoms with Gasteiger partial charge in [0.2, 0.25) is 0 Å². The maximum Gasteiger partial charge on any atom is 0.128 e. The molecule has 1 aromatic rings. The fraction of sp³-hybridized carbons (Fsp3) is 0.500. The van der Waals surface area contributed by atoms with Crippen LogP contribution >= 0.6 is 0 Å². The minimum atomic E-state index is 0.0260. The smallest absolute Gasteiger partial charge is 0.128 e. The van der Waals surface area contributed by atoms with Crippen LogP contribution in [0.25, 0.3) is 0 Å². The highest BCUT2D eigenvalue weighted by Gasteiger charge is 2.42. The first-order valence-electron chi connectivity index (χ1n) is 3.48. The van der Waals surface area contributed by atoms with E-state index in [-0.39, 0.29) is 5.60 Å². The predicted molar refractivity (Wildman–Crippen MR) is 38.7 cm³/mol.